The maximum atomic E-state index is 12.7. The molecule has 0 fully saturated rings. The Morgan fingerprint density at radius 2 is 0.745 bits per heavy atom. The van der Waals surface area contributed by atoms with Crippen LogP contribution in [0.5, 0.6) is 0 Å². The zero-order valence-electron chi connectivity index (χ0n) is 30.9. The van der Waals surface area contributed by atoms with Crippen molar-refractivity contribution in [2.24, 2.45) is 0 Å². The minimum absolute atomic E-state index is 0.0209. The lowest BCUT2D eigenvalue weighted by atomic mass is 9.86. The number of aliphatic hydroxyl groups is 1. The van der Waals surface area contributed by atoms with Gasteiger partial charge in [-0.1, -0.05) is 168 Å². The van der Waals surface area contributed by atoms with Gasteiger partial charge in [0, 0.05) is 38.7 Å². The van der Waals surface area contributed by atoms with Crippen molar-refractivity contribution < 1.29 is 31.8 Å². The first-order valence-corrected chi connectivity index (χ1v) is 21.4. The number of aliphatic hydroxyl groups excluding tert-OH is 1. The number of unbranched alkanes of at least 4 members (excludes halogenated alkanes) is 24. The van der Waals surface area contributed by atoms with Crippen molar-refractivity contribution >= 4 is 22.0 Å². The fourth-order valence-electron chi connectivity index (χ4n) is 6.59. The second-order valence-electron chi connectivity index (χ2n) is 14.2. The number of carbonyl (C=O) groups excluding carboxylic acids is 2. The molecule has 0 radical (unpaired) electrons. The van der Waals surface area contributed by atoms with Gasteiger partial charge in [-0.15, -0.1) is 0 Å². The van der Waals surface area contributed by atoms with E-state index in [0.717, 1.165) is 38.5 Å². The Kier molecular flexibility index (Phi) is 31.8. The Morgan fingerprint density at radius 1 is 0.468 bits per heavy atom. The number of carbonyl (C=O) groups is 2. The molecular weight excluding hydrogens is 612 g/mol. The summed E-state index contributed by atoms with van der Waals surface area (Å²) in [6.07, 6.45) is 33.2. The molecule has 2 N–H and O–H groups in total. The van der Waals surface area contributed by atoms with Crippen molar-refractivity contribution in [2.75, 3.05) is 6.61 Å². The molecule has 0 unspecified atom stereocenters. The van der Waals surface area contributed by atoms with Gasteiger partial charge in [-0.3, -0.25) is 14.1 Å². The molecule has 0 saturated heterocycles. The summed E-state index contributed by atoms with van der Waals surface area (Å²) in [5.74, 6) is 0.0419. The van der Waals surface area contributed by atoms with Crippen LogP contribution >= 0.6 is 0 Å². The van der Waals surface area contributed by atoms with E-state index >= 15 is 0 Å². The first-order chi connectivity index (χ1) is 22.7. The smallest absolute Gasteiger partial charge is 0.396 e. The second kappa shape index (κ2) is 32.4. The van der Waals surface area contributed by atoms with Gasteiger partial charge in [0.2, 0.25) is 0 Å². The lowest BCUT2D eigenvalue weighted by Crippen LogP contribution is -2.37. The van der Waals surface area contributed by atoms with E-state index in [-0.39, 0.29) is 50.3 Å². The summed E-state index contributed by atoms with van der Waals surface area (Å²) in [7, 11) is -4.82. The summed E-state index contributed by atoms with van der Waals surface area (Å²) < 4.78 is 38.0. The van der Waals surface area contributed by atoms with Gasteiger partial charge in [0.25, 0.3) is 0 Å². The lowest BCUT2D eigenvalue weighted by Gasteiger charge is -2.31. The molecule has 0 atom stereocenters. The van der Waals surface area contributed by atoms with Crippen molar-refractivity contribution in [3.05, 3.63) is 0 Å². The molecule has 8 heteroatoms. The monoisotopic (exact) mass is 689 g/mol. The van der Waals surface area contributed by atoms with E-state index in [1.807, 2.05) is 0 Å². The SMILES string of the molecule is CCCCCCCCCCCCCCCC(=O)CCC(CCO)(CCC(=O)CCCCCCCCCCCCCCC)OS(=O)(=O)O. The molecule has 280 valence electrons. The maximum Gasteiger partial charge on any atom is 0.397 e. The molecule has 0 aromatic heterocycles. The highest BCUT2D eigenvalue weighted by atomic mass is 32.3. The predicted molar refractivity (Wildman–Crippen MR) is 196 cm³/mol. The van der Waals surface area contributed by atoms with Gasteiger partial charge in [0.1, 0.15) is 11.6 Å². The Morgan fingerprint density at radius 3 is 1.00 bits per heavy atom. The van der Waals surface area contributed by atoms with Crippen LogP contribution < -0.4 is 0 Å². The molecule has 0 aliphatic heterocycles. The Hall–Kier alpha value is -0.830. The Bertz CT molecular complexity index is 781. The first kappa shape index (κ1) is 46.2. The summed E-state index contributed by atoms with van der Waals surface area (Å²) >= 11 is 0. The minimum Gasteiger partial charge on any atom is -0.396 e. The van der Waals surface area contributed by atoms with Crippen molar-refractivity contribution in [3.8, 4) is 0 Å². The third-order valence-corrected chi connectivity index (χ3v) is 10.3. The first-order valence-electron chi connectivity index (χ1n) is 20.0. The zero-order chi connectivity index (χ0) is 34.9. The highest BCUT2D eigenvalue weighted by Gasteiger charge is 2.36. The molecule has 7 nitrogen and oxygen atoms in total. The third kappa shape index (κ3) is 32.2. The van der Waals surface area contributed by atoms with Crippen LogP contribution in [-0.4, -0.2) is 41.9 Å². The van der Waals surface area contributed by atoms with Gasteiger partial charge >= 0.3 is 10.4 Å². The van der Waals surface area contributed by atoms with Gasteiger partial charge in [-0.05, 0) is 25.7 Å². The molecule has 0 amide bonds. The normalized spacial score (nSPS) is 12.2. The predicted octanol–water partition coefficient (Wildman–Crippen LogP) is 11.6. The third-order valence-electron chi connectivity index (χ3n) is 9.69. The maximum absolute atomic E-state index is 12.7. The van der Waals surface area contributed by atoms with Gasteiger partial charge in [-0.25, -0.2) is 4.18 Å². The fourth-order valence-corrected chi connectivity index (χ4v) is 7.29. The molecule has 0 spiro atoms. The molecule has 0 bridgehead atoms. The summed E-state index contributed by atoms with van der Waals surface area (Å²) in [6, 6.07) is 0. The van der Waals surface area contributed by atoms with Crippen LogP contribution in [0.1, 0.15) is 226 Å². The van der Waals surface area contributed by atoms with Gasteiger partial charge < -0.3 is 5.11 Å². The number of hydrogen-bond acceptors (Lipinski definition) is 6. The highest BCUT2D eigenvalue weighted by molar-refractivity contribution is 7.80. The standard InChI is InChI=1S/C39H76O7S/c1-3-5-7-9-11-13-15-17-19-21-23-25-27-29-37(41)31-33-39(35-36-40,46-47(43,44)45)34-32-38(42)30-28-26-24-22-20-18-16-14-12-10-8-6-4-2/h40H,3-36H2,1-2H3,(H,43,44,45). The molecule has 0 heterocycles. The van der Waals surface area contributed by atoms with Crippen LogP contribution in [0.15, 0.2) is 0 Å². The molecule has 0 saturated carbocycles. The second-order valence-corrected chi connectivity index (χ2v) is 15.3. The van der Waals surface area contributed by atoms with E-state index < -0.39 is 16.0 Å². The number of rotatable bonds is 38. The van der Waals surface area contributed by atoms with Gasteiger partial charge in [0.15, 0.2) is 0 Å². The highest BCUT2D eigenvalue weighted by Crippen LogP contribution is 2.31. The van der Waals surface area contributed by atoms with E-state index in [4.69, 9.17) is 4.18 Å². The quantitative estimate of drug-likeness (QED) is 0.0489. The molecule has 0 aromatic rings. The van der Waals surface area contributed by atoms with Crippen LogP contribution in [0.4, 0.5) is 0 Å². The number of ketones is 2. The van der Waals surface area contributed by atoms with Crippen LogP contribution in [0, 0.1) is 0 Å². The van der Waals surface area contributed by atoms with Crippen molar-refractivity contribution in [3.63, 3.8) is 0 Å². The van der Waals surface area contributed by atoms with Crippen LogP contribution in [0.3, 0.4) is 0 Å². The van der Waals surface area contributed by atoms with Crippen LogP contribution in [0.2, 0.25) is 0 Å². The molecule has 0 aliphatic rings. The summed E-state index contributed by atoms with van der Waals surface area (Å²) in [6.45, 7) is 4.13. The van der Waals surface area contributed by atoms with Gasteiger partial charge in [0.05, 0.1) is 5.60 Å². The van der Waals surface area contributed by atoms with Crippen LogP contribution in [0.25, 0.3) is 0 Å². The topological polar surface area (TPSA) is 118 Å². The van der Waals surface area contributed by atoms with E-state index in [1.54, 1.807) is 0 Å². The summed E-state index contributed by atoms with van der Waals surface area (Å²) in [4.78, 5) is 25.3. The van der Waals surface area contributed by atoms with E-state index in [2.05, 4.69) is 13.8 Å². The largest absolute Gasteiger partial charge is 0.397 e. The van der Waals surface area contributed by atoms with E-state index in [0.29, 0.717) is 12.8 Å². The summed E-state index contributed by atoms with van der Waals surface area (Å²) in [5.41, 5.74) is -1.46. The number of Topliss-reactive ketones (excluding diaryl/α,β-unsaturated/α-hetero) is 2. The van der Waals surface area contributed by atoms with Gasteiger partial charge in [-0.2, -0.15) is 8.42 Å². The fraction of sp³-hybridized carbons (Fsp3) is 0.949. The van der Waals surface area contributed by atoms with E-state index in [1.165, 1.54) is 128 Å². The molecule has 0 rings (SSSR count). The average molecular weight is 689 g/mol. The molecule has 0 aliphatic carbocycles. The molecule has 0 aromatic carbocycles. The lowest BCUT2D eigenvalue weighted by molar-refractivity contribution is -0.121. The number of hydrogen-bond donors (Lipinski definition) is 2. The van der Waals surface area contributed by atoms with Crippen molar-refractivity contribution in [1.29, 1.82) is 0 Å². The summed E-state index contributed by atoms with van der Waals surface area (Å²) in [5, 5.41) is 9.67. The minimum atomic E-state index is -4.82. The Labute approximate surface area is 291 Å². The average Bonchev–Trinajstić information content (AvgIpc) is 3.03. The van der Waals surface area contributed by atoms with E-state index in [9.17, 15) is 27.7 Å². The van der Waals surface area contributed by atoms with Crippen molar-refractivity contribution in [1.82, 2.24) is 0 Å². The van der Waals surface area contributed by atoms with Crippen LogP contribution in [-0.2, 0) is 24.2 Å². The molecular formula is C39H76O7S. The van der Waals surface area contributed by atoms with Crippen molar-refractivity contribution in [2.45, 2.75) is 231 Å². The molecule has 47 heavy (non-hydrogen) atoms. The Balaban J connectivity index is 4.25. The zero-order valence-corrected chi connectivity index (χ0v) is 31.7.